The molecule has 72 valence electrons. The summed E-state index contributed by atoms with van der Waals surface area (Å²) in [5.41, 5.74) is 1.01. The van der Waals surface area contributed by atoms with Gasteiger partial charge in [-0.3, -0.25) is 0 Å². The summed E-state index contributed by atoms with van der Waals surface area (Å²) >= 11 is 0. The van der Waals surface area contributed by atoms with E-state index in [9.17, 15) is 5.11 Å². The highest BCUT2D eigenvalue weighted by Gasteiger charge is 2.08. The van der Waals surface area contributed by atoms with Crippen LogP contribution in [0, 0.1) is 0 Å². The average Bonchev–Trinajstić information content (AvgIpc) is 2.67. The van der Waals surface area contributed by atoms with Crippen LogP contribution in [0.3, 0.4) is 0 Å². The molecular formula is C11H12N2O. The molecule has 0 saturated carbocycles. The zero-order chi connectivity index (χ0) is 9.97. The molecule has 0 radical (unpaired) electrons. The number of imidazole rings is 1. The maximum Gasteiger partial charge on any atom is 0.141 e. The fourth-order valence-corrected chi connectivity index (χ4v) is 1.43. The molecule has 3 heteroatoms. The largest absolute Gasteiger partial charge is 0.385 e. The number of rotatable bonds is 2. The summed E-state index contributed by atoms with van der Waals surface area (Å²) in [4.78, 5) is 4.11. The standard InChI is InChI=1S/C11H12N2O/c1-9(14)11-12-7-8-13(11)10-5-3-2-4-6-10/h2-9,14H,1H3. The molecule has 0 amide bonds. The van der Waals surface area contributed by atoms with Crippen LogP contribution in [0.1, 0.15) is 18.9 Å². The molecule has 0 bridgehead atoms. The maximum absolute atomic E-state index is 9.47. The lowest BCUT2D eigenvalue weighted by Gasteiger charge is -2.08. The molecule has 1 N–H and O–H groups in total. The van der Waals surface area contributed by atoms with Crippen molar-refractivity contribution in [2.75, 3.05) is 0 Å². The summed E-state index contributed by atoms with van der Waals surface area (Å²) in [6.07, 6.45) is 2.98. The van der Waals surface area contributed by atoms with Crippen molar-refractivity contribution in [3.05, 3.63) is 48.5 Å². The van der Waals surface area contributed by atoms with Gasteiger partial charge in [0.05, 0.1) is 0 Å². The molecule has 0 fully saturated rings. The summed E-state index contributed by atoms with van der Waals surface area (Å²) in [7, 11) is 0. The van der Waals surface area contributed by atoms with Gasteiger partial charge < -0.3 is 9.67 Å². The Balaban J connectivity index is 2.47. The number of nitrogens with zero attached hydrogens (tertiary/aromatic N) is 2. The van der Waals surface area contributed by atoms with E-state index in [1.807, 2.05) is 41.1 Å². The van der Waals surface area contributed by atoms with Crippen LogP contribution in [-0.4, -0.2) is 14.7 Å². The van der Waals surface area contributed by atoms with Crippen molar-refractivity contribution in [2.45, 2.75) is 13.0 Å². The minimum Gasteiger partial charge on any atom is -0.385 e. The SMILES string of the molecule is CC(O)c1nccn1-c1ccccc1. The molecule has 0 aliphatic rings. The average molecular weight is 188 g/mol. The number of para-hydroxylation sites is 1. The topological polar surface area (TPSA) is 38.1 Å². The molecule has 0 saturated heterocycles. The molecule has 1 unspecified atom stereocenters. The smallest absolute Gasteiger partial charge is 0.141 e. The summed E-state index contributed by atoms with van der Waals surface area (Å²) < 4.78 is 1.88. The highest BCUT2D eigenvalue weighted by molar-refractivity contribution is 5.33. The number of aromatic nitrogens is 2. The highest BCUT2D eigenvalue weighted by Crippen LogP contribution is 2.15. The van der Waals surface area contributed by atoms with Gasteiger partial charge in [0.2, 0.25) is 0 Å². The fourth-order valence-electron chi connectivity index (χ4n) is 1.43. The first-order valence-corrected chi connectivity index (χ1v) is 4.56. The predicted molar refractivity (Wildman–Crippen MR) is 54.2 cm³/mol. The van der Waals surface area contributed by atoms with Crippen LogP contribution in [0.5, 0.6) is 0 Å². The Morgan fingerprint density at radius 3 is 2.64 bits per heavy atom. The van der Waals surface area contributed by atoms with Gasteiger partial charge in [-0.2, -0.15) is 0 Å². The quantitative estimate of drug-likeness (QED) is 0.782. The van der Waals surface area contributed by atoms with Gasteiger partial charge in [0.25, 0.3) is 0 Å². The molecule has 1 atom stereocenters. The third kappa shape index (κ3) is 1.54. The Morgan fingerprint density at radius 2 is 2.00 bits per heavy atom. The minimum absolute atomic E-state index is 0.551. The zero-order valence-electron chi connectivity index (χ0n) is 7.96. The van der Waals surface area contributed by atoms with Crippen molar-refractivity contribution in [2.24, 2.45) is 0 Å². The molecule has 1 aromatic heterocycles. The number of benzene rings is 1. The van der Waals surface area contributed by atoms with Crippen LogP contribution in [0.4, 0.5) is 0 Å². The second kappa shape index (κ2) is 3.64. The van der Waals surface area contributed by atoms with Gasteiger partial charge in [-0.15, -0.1) is 0 Å². The van der Waals surface area contributed by atoms with Crippen molar-refractivity contribution in [3.63, 3.8) is 0 Å². The van der Waals surface area contributed by atoms with E-state index in [2.05, 4.69) is 4.98 Å². The number of aliphatic hydroxyl groups excluding tert-OH is 1. The van der Waals surface area contributed by atoms with Crippen molar-refractivity contribution < 1.29 is 5.11 Å². The van der Waals surface area contributed by atoms with E-state index < -0.39 is 6.10 Å². The van der Waals surface area contributed by atoms with Crippen molar-refractivity contribution in [1.82, 2.24) is 9.55 Å². The van der Waals surface area contributed by atoms with E-state index in [1.54, 1.807) is 13.1 Å². The van der Waals surface area contributed by atoms with E-state index in [0.717, 1.165) is 5.69 Å². The molecule has 14 heavy (non-hydrogen) atoms. The van der Waals surface area contributed by atoms with Gasteiger partial charge >= 0.3 is 0 Å². The lowest BCUT2D eigenvalue weighted by atomic mass is 10.3. The van der Waals surface area contributed by atoms with Gasteiger partial charge in [0.15, 0.2) is 0 Å². The number of aliphatic hydroxyl groups is 1. The van der Waals surface area contributed by atoms with Crippen LogP contribution >= 0.6 is 0 Å². The predicted octanol–water partition coefficient (Wildman–Crippen LogP) is 1.93. The third-order valence-corrected chi connectivity index (χ3v) is 2.08. The van der Waals surface area contributed by atoms with Crippen LogP contribution in [0.25, 0.3) is 5.69 Å². The van der Waals surface area contributed by atoms with Crippen molar-refractivity contribution in [3.8, 4) is 5.69 Å². The van der Waals surface area contributed by atoms with E-state index in [0.29, 0.717) is 5.82 Å². The number of hydrogen-bond acceptors (Lipinski definition) is 2. The Hall–Kier alpha value is -1.61. The van der Waals surface area contributed by atoms with Crippen molar-refractivity contribution >= 4 is 0 Å². The van der Waals surface area contributed by atoms with Gasteiger partial charge in [-0.05, 0) is 19.1 Å². The Bertz CT molecular complexity index is 406. The summed E-state index contributed by atoms with van der Waals surface area (Å²) in [6.45, 7) is 1.71. The summed E-state index contributed by atoms with van der Waals surface area (Å²) in [5, 5.41) is 9.47. The first-order valence-electron chi connectivity index (χ1n) is 4.56. The normalized spacial score (nSPS) is 12.7. The molecule has 3 nitrogen and oxygen atoms in total. The van der Waals surface area contributed by atoms with E-state index in [4.69, 9.17) is 0 Å². The molecule has 2 aromatic rings. The molecular weight excluding hydrogens is 176 g/mol. The van der Waals surface area contributed by atoms with E-state index in [-0.39, 0.29) is 0 Å². The minimum atomic E-state index is -0.551. The zero-order valence-corrected chi connectivity index (χ0v) is 7.96. The van der Waals surface area contributed by atoms with Crippen LogP contribution < -0.4 is 0 Å². The molecule has 0 aliphatic heterocycles. The van der Waals surface area contributed by atoms with E-state index in [1.165, 1.54) is 0 Å². The molecule has 2 rings (SSSR count). The number of hydrogen-bond donors (Lipinski definition) is 1. The highest BCUT2D eigenvalue weighted by atomic mass is 16.3. The third-order valence-electron chi connectivity index (χ3n) is 2.08. The second-order valence-corrected chi connectivity index (χ2v) is 3.17. The van der Waals surface area contributed by atoms with Crippen LogP contribution in [0.15, 0.2) is 42.7 Å². The summed E-state index contributed by atoms with van der Waals surface area (Å²) in [6, 6.07) is 9.84. The maximum atomic E-state index is 9.47. The Labute approximate surface area is 82.7 Å². The van der Waals surface area contributed by atoms with Gasteiger partial charge in [-0.25, -0.2) is 4.98 Å². The van der Waals surface area contributed by atoms with Gasteiger partial charge in [0, 0.05) is 18.1 Å². The summed E-state index contributed by atoms with van der Waals surface area (Å²) in [5.74, 6) is 0.663. The first kappa shape index (κ1) is 8.97. The van der Waals surface area contributed by atoms with Crippen LogP contribution in [-0.2, 0) is 0 Å². The van der Waals surface area contributed by atoms with Gasteiger partial charge in [-0.1, -0.05) is 18.2 Å². The molecule has 0 spiro atoms. The molecule has 1 aromatic carbocycles. The lowest BCUT2D eigenvalue weighted by molar-refractivity contribution is 0.187. The van der Waals surface area contributed by atoms with Crippen molar-refractivity contribution in [1.29, 1.82) is 0 Å². The lowest BCUT2D eigenvalue weighted by Crippen LogP contribution is -2.03. The monoisotopic (exact) mass is 188 g/mol. The Kier molecular flexibility index (Phi) is 2.33. The van der Waals surface area contributed by atoms with Crippen LogP contribution in [0.2, 0.25) is 0 Å². The Morgan fingerprint density at radius 1 is 1.29 bits per heavy atom. The molecule has 1 heterocycles. The van der Waals surface area contributed by atoms with Gasteiger partial charge in [0.1, 0.15) is 11.9 Å². The fraction of sp³-hybridized carbons (Fsp3) is 0.182. The van der Waals surface area contributed by atoms with E-state index >= 15 is 0 Å². The first-order chi connectivity index (χ1) is 6.79. The second-order valence-electron chi connectivity index (χ2n) is 3.17. The molecule has 0 aliphatic carbocycles.